The van der Waals surface area contributed by atoms with Gasteiger partial charge in [-0.05, 0) is 209 Å². The first-order valence-corrected chi connectivity index (χ1v) is 34.6. The Morgan fingerprint density at radius 1 is 0.531 bits per heavy atom. The second-order valence-electron chi connectivity index (χ2n) is 25.9. The van der Waals surface area contributed by atoms with Crippen molar-refractivity contribution in [3.63, 3.8) is 0 Å². The summed E-state index contributed by atoms with van der Waals surface area (Å²) in [6.45, 7) is 36.4. The lowest BCUT2D eigenvalue weighted by Crippen LogP contribution is -2.18. The lowest BCUT2D eigenvalue weighted by molar-refractivity contribution is 0.632. The molecule has 0 heterocycles. The topological polar surface area (TPSA) is 3.24 Å². The Morgan fingerprint density at radius 2 is 1.20 bits per heavy atom. The Hall–Kier alpha value is -10.1. The van der Waals surface area contributed by atoms with E-state index in [1.165, 1.54) is 133 Å². The van der Waals surface area contributed by atoms with Gasteiger partial charge in [0.05, 0.1) is 5.69 Å². The number of fused-ring (bicyclic) bond motifs is 6. The number of anilines is 3. The van der Waals surface area contributed by atoms with Crippen molar-refractivity contribution in [2.75, 3.05) is 4.90 Å². The first kappa shape index (κ1) is 70.2. The lowest BCUT2D eigenvalue weighted by atomic mass is 9.81. The molecule has 13 rings (SSSR count). The fourth-order valence-corrected chi connectivity index (χ4v) is 13.7. The molecule has 1 heteroatoms. The predicted molar refractivity (Wildman–Crippen MR) is 424 cm³/mol. The molecule has 0 saturated carbocycles. The molecule has 2 unspecified atom stereocenters. The molecule has 10 aromatic rings. The van der Waals surface area contributed by atoms with Crippen LogP contribution in [-0.4, -0.2) is 0 Å². The normalized spacial score (nSPS) is 15.7. The van der Waals surface area contributed by atoms with E-state index in [1.807, 2.05) is 38.2 Å². The van der Waals surface area contributed by atoms with Gasteiger partial charge in [0.1, 0.15) is 0 Å². The average molecular weight is 1250 g/mol. The van der Waals surface area contributed by atoms with Gasteiger partial charge in [0.2, 0.25) is 0 Å². The van der Waals surface area contributed by atoms with Gasteiger partial charge in [-0.2, -0.15) is 0 Å². The van der Waals surface area contributed by atoms with E-state index in [0.29, 0.717) is 11.8 Å². The fourth-order valence-electron chi connectivity index (χ4n) is 13.7. The van der Waals surface area contributed by atoms with Crippen LogP contribution in [0.3, 0.4) is 0 Å². The number of hydrogen-bond acceptors (Lipinski definition) is 1. The first-order valence-electron chi connectivity index (χ1n) is 34.6. The summed E-state index contributed by atoms with van der Waals surface area (Å²) < 4.78 is 0. The van der Waals surface area contributed by atoms with Crippen molar-refractivity contribution in [1.82, 2.24) is 0 Å². The number of nitrogens with zero attached hydrogens (tertiary/aromatic N) is 1. The molecule has 3 aliphatic rings. The van der Waals surface area contributed by atoms with E-state index in [4.69, 9.17) is 0 Å². The van der Waals surface area contributed by atoms with Crippen molar-refractivity contribution in [2.24, 2.45) is 5.92 Å². The van der Waals surface area contributed by atoms with Crippen LogP contribution in [0.5, 0.6) is 0 Å². The van der Waals surface area contributed by atoms with Crippen molar-refractivity contribution in [3.05, 3.63) is 376 Å². The van der Waals surface area contributed by atoms with Crippen molar-refractivity contribution in [3.8, 4) is 33.4 Å². The minimum absolute atomic E-state index is 0.147. The number of benzene rings is 10. The van der Waals surface area contributed by atoms with Crippen LogP contribution in [0.25, 0.3) is 55.8 Å². The second kappa shape index (κ2) is 33.3. The molecule has 0 aromatic heterocycles. The zero-order valence-corrected chi connectivity index (χ0v) is 59.4. The summed E-state index contributed by atoms with van der Waals surface area (Å²) in [6, 6.07) is 75.6. The summed E-state index contributed by atoms with van der Waals surface area (Å²) in [6.07, 6.45) is 32.7. The summed E-state index contributed by atoms with van der Waals surface area (Å²) in [5, 5.41) is 2.55. The molecule has 1 nitrogen and oxygen atoms in total. The Labute approximate surface area is 577 Å². The molecular weight excluding hydrogens is 1160 g/mol. The molecular formula is C95H99N. The summed E-state index contributed by atoms with van der Waals surface area (Å²) in [7, 11) is 0. The quantitative estimate of drug-likeness (QED) is 0.110. The van der Waals surface area contributed by atoms with E-state index in [0.717, 1.165) is 30.5 Å². The highest BCUT2D eigenvalue weighted by Gasteiger charge is 2.38. The molecule has 96 heavy (non-hydrogen) atoms. The molecule has 0 saturated heterocycles. The zero-order valence-electron chi connectivity index (χ0n) is 59.4. The maximum Gasteiger partial charge on any atom is 0.0543 e. The first-order chi connectivity index (χ1) is 46.6. The van der Waals surface area contributed by atoms with Crippen molar-refractivity contribution in [2.45, 2.75) is 121 Å². The third kappa shape index (κ3) is 16.2. The lowest BCUT2D eigenvalue weighted by Gasteiger charge is -2.33. The summed E-state index contributed by atoms with van der Waals surface area (Å²) >= 11 is 0. The van der Waals surface area contributed by atoms with Crippen LogP contribution in [0, 0.1) is 40.5 Å². The molecule has 3 aliphatic carbocycles. The van der Waals surface area contributed by atoms with Crippen LogP contribution in [0.4, 0.5) is 17.1 Å². The molecule has 0 N–H and O–H groups in total. The van der Waals surface area contributed by atoms with Crippen LogP contribution in [-0.2, 0) is 18.3 Å². The van der Waals surface area contributed by atoms with Crippen molar-refractivity contribution < 1.29 is 0 Å². The smallest absolute Gasteiger partial charge is 0.0543 e. The molecule has 0 spiro atoms. The van der Waals surface area contributed by atoms with Gasteiger partial charge in [-0.1, -0.05) is 333 Å². The zero-order chi connectivity index (χ0) is 68.3. The highest BCUT2D eigenvalue weighted by Crippen LogP contribution is 2.55. The Balaban J connectivity index is 0.000000191. The number of aryl methyl sites for hydroxylation is 3. The highest BCUT2D eigenvalue weighted by molar-refractivity contribution is 6.10. The van der Waals surface area contributed by atoms with Gasteiger partial charge < -0.3 is 4.90 Å². The molecule has 0 amide bonds. The van der Waals surface area contributed by atoms with Gasteiger partial charge in [0.25, 0.3) is 0 Å². The minimum Gasteiger partial charge on any atom is -0.310 e. The molecule has 484 valence electrons. The van der Waals surface area contributed by atoms with Gasteiger partial charge in [-0.3, -0.25) is 0 Å². The molecule has 0 fully saturated rings. The molecule has 10 aromatic carbocycles. The van der Waals surface area contributed by atoms with Crippen LogP contribution in [0.1, 0.15) is 140 Å². The summed E-state index contributed by atoms with van der Waals surface area (Å²) in [5.41, 5.74) is 31.3. The van der Waals surface area contributed by atoms with Crippen LogP contribution in [0.2, 0.25) is 0 Å². The number of rotatable bonds is 12. The van der Waals surface area contributed by atoms with E-state index in [-0.39, 0.29) is 5.41 Å². The Morgan fingerprint density at radius 3 is 1.94 bits per heavy atom. The van der Waals surface area contributed by atoms with E-state index in [2.05, 4.69) is 355 Å². The standard InChI is InChI=1S/C49H45N.C21H20.C15H16.C8H12.C2H6/c1-8-35-25-26-36(29-43(35)38-19-12-10-17-33(38)4)50(46-23-15-22-39(34(46)5)37-18-11-9-16-32(37)3)47-30-45-48(41-21-14-13-20-40(41)47)42-27-24-31(2)28-44(42)49(45,6)7;1-16-9-8-14-20(17(16)2)21-13-7-6-12-19(21)15-18-10-4-3-5-11-18;1-12-7-3-4-8-14-9-5-6-10-15(14)13(2)11-12;1-3-5-7-8-6-4-2;1-2/h8-30,32,37H,1H2,2-7H3;3-14H,15H2,1-2H3;3-7,9-11H,8H2,1-2H3;3,5-8H,1,4H2,2H3;1-2H3/b;;4-3?,12-7-,13-11+;7-5-,8-6-;. The molecule has 0 bridgehead atoms. The number of hydrogen-bond donors (Lipinski definition) is 0. The van der Waals surface area contributed by atoms with Crippen molar-refractivity contribution >= 4 is 39.5 Å². The largest absolute Gasteiger partial charge is 0.310 e. The van der Waals surface area contributed by atoms with E-state index in [9.17, 15) is 0 Å². The average Bonchev–Trinajstić information content (AvgIpc) is 1.52. The van der Waals surface area contributed by atoms with E-state index >= 15 is 0 Å². The highest BCUT2D eigenvalue weighted by atomic mass is 15.1. The van der Waals surface area contributed by atoms with Crippen molar-refractivity contribution in [1.29, 1.82) is 0 Å². The molecule has 0 aliphatic heterocycles. The van der Waals surface area contributed by atoms with E-state index < -0.39 is 0 Å². The number of allylic oxidation sites excluding steroid dienone is 15. The second-order valence-corrected chi connectivity index (χ2v) is 25.9. The summed E-state index contributed by atoms with van der Waals surface area (Å²) in [4.78, 5) is 2.54. The summed E-state index contributed by atoms with van der Waals surface area (Å²) in [5.74, 6) is 0.742. The predicted octanol–water partition coefficient (Wildman–Crippen LogP) is 27.1. The van der Waals surface area contributed by atoms with Gasteiger partial charge in [0, 0.05) is 28.1 Å². The van der Waals surface area contributed by atoms with Gasteiger partial charge >= 0.3 is 0 Å². The Kier molecular flexibility index (Phi) is 24.4. The van der Waals surface area contributed by atoms with E-state index in [1.54, 1.807) is 6.08 Å². The van der Waals surface area contributed by atoms with Gasteiger partial charge in [0.15, 0.2) is 0 Å². The third-order valence-corrected chi connectivity index (χ3v) is 19.0. The fraction of sp³-hybridized carbons (Fsp3) is 0.200. The van der Waals surface area contributed by atoms with Crippen LogP contribution >= 0.6 is 0 Å². The van der Waals surface area contributed by atoms with Crippen LogP contribution in [0.15, 0.2) is 304 Å². The Bertz CT molecular complexity index is 4580. The van der Waals surface area contributed by atoms with Gasteiger partial charge in [-0.15, -0.1) is 0 Å². The maximum absolute atomic E-state index is 4.22. The monoisotopic (exact) mass is 1250 g/mol. The maximum atomic E-state index is 4.22. The third-order valence-electron chi connectivity index (χ3n) is 19.0. The SMILES string of the molecule is C=C/C=C\C=C/CC.C=Cc1ccc(N(c2cccc(C3C=CC=CC3C)c2C)c2cc3c(c4ccccc24)-c2ccc(C)cc2C3(C)C)cc1-c1ccccc1C.CC.CC1=C/C=CCc2ccccc2\C(C)=C\1.Cc1cccc(-c2ccccc2Cc2ccccc2)c1C. The van der Waals surface area contributed by atoms with Gasteiger partial charge in [-0.25, -0.2) is 0 Å². The van der Waals surface area contributed by atoms with Crippen LogP contribution < -0.4 is 4.90 Å². The molecule has 2 atom stereocenters. The molecule has 0 radical (unpaired) electrons. The minimum atomic E-state index is -0.147.